The Morgan fingerprint density at radius 3 is 2.88 bits per heavy atom. The van der Waals surface area contributed by atoms with E-state index in [1.54, 1.807) is 12.1 Å². The Morgan fingerprint density at radius 1 is 1.21 bits per heavy atom. The van der Waals surface area contributed by atoms with Crippen molar-refractivity contribution in [2.24, 2.45) is 0 Å². The summed E-state index contributed by atoms with van der Waals surface area (Å²) in [4.78, 5) is 8.56. The number of anilines is 2. The molecule has 0 radical (unpaired) electrons. The second-order valence-electron chi connectivity index (χ2n) is 5.09. The van der Waals surface area contributed by atoms with Gasteiger partial charge in [0.15, 0.2) is 5.82 Å². The van der Waals surface area contributed by atoms with Crippen LogP contribution in [0, 0.1) is 0 Å². The summed E-state index contributed by atoms with van der Waals surface area (Å²) < 4.78 is 7.30. The van der Waals surface area contributed by atoms with E-state index in [4.69, 9.17) is 21.4 Å². The maximum atomic E-state index is 9.51. The molecule has 2 aromatic heterocycles. The highest BCUT2D eigenvalue weighted by molar-refractivity contribution is 6.32. The van der Waals surface area contributed by atoms with E-state index in [0.717, 1.165) is 11.0 Å². The number of aromatic nitrogens is 3. The maximum Gasteiger partial charge on any atom is 0.158 e. The number of halogens is 1. The van der Waals surface area contributed by atoms with Crippen LogP contribution >= 0.6 is 11.6 Å². The topological polar surface area (TPSA) is 92.4 Å². The third kappa shape index (κ3) is 3.59. The number of benzene rings is 1. The molecular weight excluding hydrogens is 332 g/mol. The first-order valence-electron chi connectivity index (χ1n) is 7.43. The van der Waals surface area contributed by atoms with Gasteiger partial charge in [-0.2, -0.15) is 0 Å². The summed E-state index contributed by atoms with van der Waals surface area (Å²) in [5.41, 5.74) is 2.36. The number of fused-ring (bicyclic) bond motifs is 1. The number of ether oxygens (including phenoxy) is 1. The molecule has 24 heavy (non-hydrogen) atoms. The fourth-order valence-corrected chi connectivity index (χ4v) is 2.54. The number of aliphatic hydroxyl groups is 1. The molecule has 8 heteroatoms. The first kappa shape index (κ1) is 16.5. The first-order chi connectivity index (χ1) is 11.7. The smallest absolute Gasteiger partial charge is 0.158 e. The second kappa shape index (κ2) is 7.48. The quantitative estimate of drug-likeness (QED) is 0.449. The van der Waals surface area contributed by atoms with Crippen LogP contribution < -0.4 is 5.32 Å². The van der Waals surface area contributed by atoms with Crippen LogP contribution in [0.2, 0.25) is 5.02 Å². The molecule has 1 aromatic carbocycles. The average Bonchev–Trinajstić information content (AvgIpc) is 2.99. The van der Waals surface area contributed by atoms with Gasteiger partial charge in [-0.05, 0) is 24.3 Å². The van der Waals surface area contributed by atoms with Gasteiger partial charge in [-0.25, -0.2) is 9.97 Å². The van der Waals surface area contributed by atoms with Crippen molar-refractivity contribution in [1.82, 2.24) is 14.5 Å². The monoisotopic (exact) mass is 348 g/mol. The number of nitrogens with zero attached hydrogens (tertiary/aromatic N) is 3. The molecule has 0 atom stereocenters. The van der Waals surface area contributed by atoms with E-state index >= 15 is 0 Å². The van der Waals surface area contributed by atoms with Gasteiger partial charge in [0.05, 0.1) is 30.4 Å². The van der Waals surface area contributed by atoms with Crippen molar-refractivity contribution in [3.63, 3.8) is 0 Å². The van der Waals surface area contributed by atoms with Gasteiger partial charge in [-0.1, -0.05) is 11.6 Å². The lowest BCUT2D eigenvalue weighted by molar-refractivity contribution is 0.0875. The van der Waals surface area contributed by atoms with E-state index in [0.29, 0.717) is 31.3 Å². The lowest BCUT2D eigenvalue weighted by Gasteiger charge is -2.11. The van der Waals surface area contributed by atoms with Crippen LogP contribution in [-0.4, -0.2) is 44.6 Å². The average molecular weight is 349 g/mol. The Hall–Kier alpha value is -2.35. The van der Waals surface area contributed by atoms with Gasteiger partial charge in [0, 0.05) is 18.4 Å². The number of hydrogen-bond acceptors (Lipinski definition) is 6. The second-order valence-corrected chi connectivity index (χ2v) is 5.50. The summed E-state index contributed by atoms with van der Waals surface area (Å²) in [5.74, 6) is 0.661. The highest BCUT2D eigenvalue weighted by Gasteiger charge is 2.10. The number of aliphatic hydroxyl groups excluding tert-OH is 1. The SMILES string of the molecule is OCCOCCn1ccc2ncnc(Nc3ccc(O)c(Cl)c3)c21. The zero-order valence-electron chi connectivity index (χ0n) is 12.8. The van der Waals surface area contributed by atoms with Crippen LogP contribution in [0.1, 0.15) is 0 Å². The molecule has 0 aliphatic heterocycles. The summed E-state index contributed by atoms with van der Waals surface area (Å²) in [6, 6.07) is 6.76. The number of nitrogens with one attached hydrogen (secondary N) is 1. The summed E-state index contributed by atoms with van der Waals surface area (Å²) in [6.45, 7) is 1.41. The van der Waals surface area contributed by atoms with E-state index in [2.05, 4.69) is 15.3 Å². The number of phenols is 1. The molecule has 0 unspecified atom stereocenters. The van der Waals surface area contributed by atoms with E-state index < -0.39 is 0 Å². The van der Waals surface area contributed by atoms with E-state index in [1.807, 2.05) is 16.8 Å². The van der Waals surface area contributed by atoms with Gasteiger partial charge in [0.2, 0.25) is 0 Å². The highest BCUT2D eigenvalue weighted by atomic mass is 35.5. The van der Waals surface area contributed by atoms with Gasteiger partial charge in [-0.15, -0.1) is 0 Å². The van der Waals surface area contributed by atoms with E-state index in [9.17, 15) is 5.11 Å². The first-order valence-corrected chi connectivity index (χ1v) is 7.81. The number of rotatable bonds is 7. The van der Waals surface area contributed by atoms with Crippen molar-refractivity contribution in [3.05, 3.63) is 41.8 Å². The van der Waals surface area contributed by atoms with Crippen LogP contribution in [0.3, 0.4) is 0 Å². The molecule has 7 nitrogen and oxygen atoms in total. The zero-order chi connectivity index (χ0) is 16.9. The highest BCUT2D eigenvalue weighted by Crippen LogP contribution is 2.29. The molecule has 3 aromatic rings. The van der Waals surface area contributed by atoms with Gasteiger partial charge in [0.1, 0.15) is 17.6 Å². The Morgan fingerprint density at radius 2 is 2.08 bits per heavy atom. The van der Waals surface area contributed by atoms with Crippen LogP contribution in [0.4, 0.5) is 11.5 Å². The van der Waals surface area contributed by atoms with Crippen LogP contribution in [0.5, 0.6) is 5.75 Å². The predicted octanol–water partition coefficient (Wildman–Crippen LogP) is 2.54. The third-order valence-corrected chi connectivity index (χ3v) is 3.78. The minimum atomic E-state index is 0.00392. The van der Waals surface area contributed by atoms with E-state index in [1.165, 1.54) is 12.4 Å². The Kier molecular flexibility index (Phi) is 5.14. The lowest BCUT2D eigenvalue weighted by Crippen LogP contribution is -2.08. The minimum Gasteiger partial charge on any atom is -0.506 e. The van der Waals surface area contributed by atoms with E-state index in [-0.39, 0.29) is 17.4 Å². The normalized spacial score (nSPS) is 11.1. The maximum absolute atomic E-state index is 9.51. The van der Waals surface area contributed by atoms with Crippen molar-refractivity contribution >= 4 is 34.1 Å². The molecule has 126 valence electrons. The summed E-state index contributed by atoms with van der Waals surface area (Å²) in [5, 5.41) is 21.7. The fraction of sp³-hybridized carbons (Fsp3) is 0.250. The van der Waals surface area contributed by atoms with Crippen LogP contribution in [0.15, 0.2) is 36.8 Å². The number of phenolic OH excluding ortho intramolecular Hbond substituents is 1. The van der Waals surface area contributed by atoms with Crippen molar-refractivity contribution in [2.75, 3.05) is 25.1 Å². The molecule has 0 saturated heterocycles. The van der Waals surface area contributed by atoms with Crippen molar-refractivity contribution in [2.45, 2.75) is 6.54 Å². The van der Waals surface area contributed by atoms with Gasteiger partial charge >= 0.3 is 0 Å². The molecule has 0 fully saturated rings. The molecule has 0 saturated carbocycles. The Bertz CT molecular complexity index is 837. The lowest BCUT2D eigenvalue weighted by atomic mass is 10.3. The standard InChI is InChI=1S/C16H17ClN4O3/c17-12-9-11(1-2-14(12)23)20-16-15-13(18-10-19-16)3-4-21(15)5-7-24-8-6-22/h1-4,9-10,22-23H,5-8H2,(H,18,19,20). The summed E-state index contributed by atoms with van der Waals surface area (Å²) >= 11 is 5.94. The molecule has 0 amide bonds. The molecule has 3 N–H and O–H groups in total. The summed E-state index contributed by atoms with van der Waals surface area (Å²) in [7, 11) is 0. The van der Waals surface area contributed by atoms with Gasteiger partial charge in [-0.3, -0.25) is 0 Å². The molecule has 0 spiro atoms. The Labute approximate surface area is 143 Å². The summed E-state index contributed by atoms with van der Waals surface area (Å²) in [6.07, 6.45) is 3.40. The molecule has 0 aliphatic rings. The molecular formula is C16H17ClN4O3. The number of aromatic hydroxyl groups is 1. The Balaban J connectivity index is 1.86. The van der Waals surface area contributed by atoms with Gasteiger partial charge in [0.25, 0.3) is 0 Å². The molecule has 0 aliphatic carbocycles. The zero-order valence-corrected chi connectivity index (χ0v) is 13.6. The van der Waals surface area contributed by atoms with Gasteiger partial charge < -0.3 is 24.8 Å². The minimum absolute atomic E-state index is 0.00392. The van der Waals surface area contributed by atoms with Crippen LogP contribution in [-0.2, 0) is 11.3 Å². The largest absolute Gasteiger partial charge is 0.506 e. The van der Waals surface area contributed by atoms with Crippen LogP contribution in [0.25, 0.3) is 11.0 Å². The van der Waals surface area contributed by atoms with Crippen molar-refractivity contribution in [3.8, 4) is 5.75 Å². The number of hydrogen-bond donors (Lipinski definition) is 3. The van der Waals surface area contributed by atoms with Crippen molar-refractivity contribution in [1.29, 1.82) is 0 Å². The fourth-order valence-electron chi connectivity index (χ4n) is 2.36. The molecule has 2 heterocycles. The molecule has 3 rings (SSSR count). The molecule has 0 bridgehead atoms. The van der Waals surface area contributed by atoms with Crippen molar-refractivity contribution < 1.29 is 14.9 Å². The predicted molar refractivity (Wildman–Crippen MR) is 91.8 cm³/mol. The third-order valence-electron chi connectivity index (χ3n) is 3.47.